The van der Waals surface area contributed by atoms with Crippen LogP contribution in [0.15, 0.2) is 55.1 Å². The third-order valence-corrected chi connectivity index (χ3v) is 2.93. The summed E-state index contributed by atoms with van der Waals surface area (Å²) in [7, 11) is 0. The van der Waals surface area contributed by atoms with Gasteiger partial charge in [0.1, 0.15) is 5.75 Å². The van der Waals surface area contributed by atoms with Gasteiger partial charge in [0, 0.05) is 6.42 Å². The van der Waals surface area contributed by atoms with Crippen molar-refractivity contribution < 1.29 is 4.74 Å². The molecule has 0 N–H and O–H groups in total. The van der Waals surface area contributed by atoms with E-state index in [4.69, 9.17) is 4.74 Å². The van der Waals surface area contributed by atoms with Crippen LogP contribution < -0.4 is 4.74 Å². The lowest BCUT2D eigenvalue weighted by molar-refractivity contribution is 0.337. The molecule has 0 spiro atoms. The first-order valence-electron chi connectivity index (χ1n) is 6.26. The minimum Gasteiger partial charge on any atom is -0.494 e. The van der Waals surface area contributed by atoms with Gasteiger partial charge in [-0.1, -0.05) is 55.1 Å². The normalized spacial score (nSPS) is 10.1. The first-order chi connectivity index (χ1) is 8.85. The highest BCUT2D eigenvalue weighted by Crippen LogP contribution is 2.23. The molecule has 0 aromatic heterocycles. The number of hydrogen-bond donors (Lipinski definition) is 0. The van der Waals surface area contributed by atoms with Crippen LogP contribution in [0.3, 0.4) is 0 Å². The average Bonchev–Trinajstić information content (AvgIpc) is 2.42. The van der Waals surface area contributed by atoms with Gasteiger partial charge in [-0.3, -0.25) is 0 Å². The summed E-state index contributed by atoms with van der Waals surface area (Å²) in [6.07, 6.45) is 2.77. The van der Waals surface area contributed by atoms with E-state index in [1.165, 1.54) is 16.7 Å². The lowest BCUT2D eigenvalue weighted by Gasteiger charge is -2.11. The highest BCUT2D eigenvalue weighted by molar-refractivity contribution is 5.53. The van der Waals surface area contributed by atoms with Crippen LogP contribution in [-0.2, 0) is 6.42 Å². The number of rotatable bonds is 5. The molecule has 1 nitrogen and oxygen atoms in total. The lowest BCUT2D eigenvalue weighted by atomic mass is 9.99. The van der Waals surface area contributed by atoms with Gasteiger partial charge < -0.3 is 4.74 Å². The summed E-state index contributed by atoms with van der Waals surface area (Å²) in [5.74, 6) is 0.971. The fraction of sp³-hybridized carbons (Fsp3) is 0.176. The van der Waals surface area contributed by atoms with Crippen LogP contribution in [0.5, 0.6) is 5.75 Å². The zero-order valence-electron chi connectivity index (χ0n) is 10.7. The molecule has 0 radical (unpaired) electrons. The number of para-hydroxylation sites is 1. The van der Waals surface area contributed by atoms with Crippen LogP contribution in [-0.4, -0.2) is 6.61 Å². The Balaban J connectivity index is 2.31. The van der Waals surface area contributed by atoms with E-state index in [9.17, 15) is 0 Å². The van der Waals surface area contributed by atoms with E-state index in [1.54, 1.807) is 0 Å². The molecule has 0 saturated heterocycles. The zero-order valence-corrected chi connectivity index (χ0v) is 10.7. The summed E-state index contributed by atoms with van der Waals surface area (Å²) in [6, 6.07) is 16.5. The van der Waals surface area contributed by atoms with E-state index >= 15 is 0 Å². The molecular weight excluding hydrogens is 220 g/mol. The molecule has 2 aromatic rings. The van der Waals surface area contributed by atoms with Gasteiger partial charge in [-0.2, -0.15) is 0 Å². The third-order valence-electron chi connectivity index (χ3n) is 2.93. The lowest BCUT2D eigenvalue weighted by Crippen LogP contribution is -1.98. The summed E-state index contributed by atoms with van der Waals surface area (Å²) in [5.41, 5.74) is 3.68. The summed E-state index contributed by atoms with van der Waals surface area (Å²) in [5, 5.41) is 0. The highest BCUT2D eigenvalue weighted by Gasteiger charge is 2.05. The van der Waals surface area contributed by atoms with Crippen molar-refractivity contribution in [1.82, 2.24) is 0 Å². The molecule has 92 valence electrons. The van der Waals surface area contributed by atoms with Gasteiger partial charge in [-0.25, -0.2) is 0 Å². The molecule has 0 heterocycles. The van der Waals surface area contributed by atoms with Gasteiger partial charge in [0.05, 0.1) is 6.61 Å². The number of benzene rings is 2. The van der Waals surface area contributed by atoms with Crippen molar-refractivity contribution in [2.75, 3.05) is 6.61 Å². The molecule has 2 rings (SSSR count). The molecule has 0 unspecified atom stereocenters. The Labute approximate surface area is 109 Å². The molecule has 0 aliphatic rings. The van der Waals surface area contributed by atoms with E-state index in [0.29, 0.717) is 6.61 Å². The van der Waals surface area contributed by atoms with Gasteiger partial charge in [-0.05, 0) is 29.7 Å². The molecule has 0 amide bonds. The minimum atomic E-state index is 0.695. The molecule has 0 fully saturated rings. The van der Waals surface area contributed by atoms with Crippen molar-refractivity contribution in [3.8, 4) is 5.75 Å². The smallest absolute Gasteiger partial charge is 0.122 e. The Kier molecular flexibility index (Phi) is 4.19. The van der Waals surface area contributed by atoms with Crippen LogP contribution in [0.2, 0.25) is 0 Å². The highest BCUT2D eigenvalue weighted by atomic mass is 16.5. The molecule has 1 heteroatoms. The molecule has 18 heavy (non-hydrogen) atoms. The van der Waals surface area contributed by atoms with Crippen molar-refractivity contribution in [1.29, 1.82) is 0 Å². The second-order valence-electron chi connectivity index (χ2n) is 4.12. The van der Waals surface area contributed by atoms with E-state index in [1.807, 2.05) is 37.3 Å². The maximum atomic E-state index is 5.66. The van der Waals surface area contributed by atoms with Crippen LogP contribution in [0, 0.1) is 0 Å². The molecular formula is C17H18O. The van der Waals surface area contributed by atoms with Crippen LogP contribution in [0.1, 0.15) is 23.6 Å². The molecule has 0 aliphatic heterocycles. The Morgan fingerprint density at radius 3 is 2.39 bits per heavy atom. The summed E-state index contributed by atoms with van der Waals surface area (Å²) in [6.45, 7) is 6.56. The zero-order chi connectivity index (χ0) is 12.8. The van der Waals surface area contributed by atoms with Crippen molar-refractivity contribution in [2.45, 2.75) is 13.3 Å². The Morgan fingerprint density at radius 2 is 1.67 bits per heavy atom. The molecule has 2 aromatic carbocycles. The van der Waals surface area contributed by atoms with Crippen molar-refractivity contribution in [3.63, 3.8) is 0 Å². The predicted molar refractivity (Wildman–Crippen MR) is 77.0 cm³/mol. The van der Waals surface area contributed by atoms with Crippen molar-refractivity contribution in [2.24, 2.45) is 0 Å². The molecule has 0 atom stereocenters. The van der Waals surface area contributed by atoms with Crippen LogP contribution in [0.25, 0.3) is 6.08 Å². The summed E-state index contributed by atoms with van der Waals surface area (Å²) in [4.78, 5) is 0. The van der Waals surface area contributed by atoms with Crippen molar-refractivity contribution in [3.05, 3.63) is 71.8 Å². The number of hydrogen-bond acceptors (Lipinski definition) is 1. The van der Waals surface area contributed by atoms with E-state index in [0.717, 1.165) is 12.2 Å². The van der Waals surface area contributed by atoms with Crippen LogP contribution in [0.4, 0.5) is 0 Å². The predicted octanol–water partition coefficient (Wildman–Crippen LogP) is 4.32. The van der Waals surface area contributed by atoms with Gasteiger partial charge in [0.15, 0.2) is 0 Å². The topological polar surface area (TPSA) is 9.23 Å². The SMILES string of the molecule is C=Cc1ccccc1Cc1ccccc1OCC. The molecule has 0 saturated carbocycles. The van der Waals surface area contributed by atoms with E-state index in [2.05, 4.69) is 30.8 Å². The maximum absolute atomic E-state index is 5.66. The maximum Gasteiger partial charge on any atom is 0.122 e. The third kappa shape index (κ3) is 2.80. The van der Waals surface area contributed by atoms with Gasteiger partial charge in [-0.15, -0.1) is 0 Å². The van der Waals surface area contributed by atoms with Gasteiger partial charge >= 0.3 is 0 Å². The Morgan fingerprint density at radius 1 is 1.00 bits per heavy atom. The molecule has 0 aliphatic carbocycles. The molecule has 0 bridgehead atoms. The number of ether oxygens (including phenoxy) is 1. The van der Waals surface area contributed by atoms with Gasteiger partial charge in [0.25, 0.3) is 0 Å². The standard InChI is InChI=1S/C17H18O/c1-3-14-9-5-6-10-15(14)13-16-11-7-8-12-17(16)18-4-2/h3,5-12H,1,4,13H2,2H3. The first-order valence-corrected chi connectivity index (χ1v) is 6.26. The minimum absolute atomic E-state index is 0.695. The van der Waals surface area contributed by atoms with E-state index < -0.39 is 0 Å². The fourth-order valence-electron chi connectivity index (χ4n) is 2.05. The van der Waals surface area contributed by atoms with Gasteiger partial charge in [0.2, 0.25) is 0 Å². The second kappa shape index (κ2) is 6.06. The van der Waals surface area contributed by atoms with Crippen molar-refractivity contribution >= 4 is 6.08 Å². The summed E-state index contributed by atoms with van der Waals surface area (Å²) >= 11 is 0. The second-order valence-corrected chi connectivity index (χ2v) is 4.12. The largest absolute Gasteiger partial charge is 0.494 e. The Bertz CT molecular complexity index is 529. The quantitative estimate of drug-likeness (QED) is 0.753. The summed E-state index contributed by atoms with van der Waals surface area (Å²) < 4.78 is 5.66. The monoisotopic (exact) mass is 238 g/mol. The van der Waals surface area contributed by atoms with E-state index in [-0.39, 0.29) is 0 Å². The first kappa shape index (κ1) is 12.4. The fourth-order valence-corrected chi connectivity index (χ4v) is 2.05. The average molecular weight is 238 g/mol. The van der Waals surface area contributed by atoms with Crippen LogP contribution >= 0.6 is 0 Å². The Hall–Kier alpha value is -2.02.